The van der Waals surface area contributed by atoms with Crippen molar-refractivity contribution in [2.45, 2.75) is 33.0 Å². The lowest BCUT2D eigenvalue weighted by molar-refractivity contribution is -0.124. The molecule has 2 heterocycles. The number of benzene rings is 1. The summed E-state index contributed by atoms with van der Waals surface area (Å²) in [6, 6.07) is 11.0. The zero-order valence-corrected chi connectivity index (χ0v) is 16.8. The molecule has 3 aromatic rings. The van der Waals surface area contributed by atoms with Crippen LogP contribution < -0.4 is 10.6 Å². The van der Waals surface area contributed by atoms with Crippen LogP contribution >= 0.6 is 11.3 Å². The van der Waals surface area contributed by atoms with E-state index in [1.165, 1.54) is 11.3 Å². The van der Waals surface area contributed by atoms with Gasteiger partial charge < -0.3 is 15.2 Å². The van der Waals surface area contributed by atoms with Gasteiger partial charge in [0.05, 0.1) is 11.2 Å². The van der Waals surface area contributed by atoms with Gasteiger partial charge in [0.1, 0.15) is 6.04 Å². The number of imidazole rings is 1. The first-order chi connectivity index (χ1) is 13.5. The van der Waals surface area contributed by atoms with Crippen LogP contribution in [0.4, 0.5) is 0 Å². The zero-order chi connectivity index (χ0) is 19.9. The van der Waals surface area contributed by atoms with E-state index in [0.717, 1.165) is 11.1 Å². The van der Waals surface area contributed by atoms with Crippen LogP contribution in [0.15, 0.2) is 60.5 Å². The Morgan fingerprint density at radius 1 is 1.14 bits per heavy atom. The van der Waals surface area contributed by atoms with Gasteiger partial charge in [-0.05, 0) is 28.5 Å². The molecule has 3 rings (SSSR count). The van der Waals surface area contributed by atoms with Crippen molar-refractivity contribution in [1.82, 2.24) is 20.2 Å². The van der Waals surface area contributed by atoms with Crippen molar-refractivity contribution in [3.63, 3.8) is 0 Å². The first kappa shape index (κ1) is 19.8. The first-order valence-corrected chi connectivity index (χ1v) is 10.1. The van der Waals surface area contributed by atoms with Gasteiger partial charge in [-0.15, -0.1) is 11.3 Å². The molecule has 1 atom stereocenters. The van der Waals surface area contributed by atoms with Gasteiger partial charge in [0.15, 0.2) is 0 Å². The first-order valence-electron chi connectivity index (χ1n) is 9.19. The van der Waals surface area contributed by atoms with Crippen LogP contribution in [0, 0.1) is 5.92 Å². The Bertz CT molecular complexity index is 904. The molecule has 0 aliphatic carbocycles. The standard InChI is InChI=1S/C21H24N4O2S/c1-15(2)19(24-20(26)18-8-5-11-28-18)21(27)23-12-16-6-3-4-7-17(16)13-25-10-9-22-14-25/h3-11,14-15,19H,12-13H2,1-2H3,(H,23,27)(H,24,26). The maximum Gasteiger partial charge on any atom is 0.262 e. The molecule has 0 bridgehead atoms. The van der Waals surface area contributed by atoms with Crippen LogP contribution in [0.25, 0.3) is 0 Å². The molecule has 2 amide bonds. The van der Waals surface area contributed by atoms with Gasteiger partial charge >= 0.3 is 0 Å². The quantitative estimate of drug-likeness (QED) is 0.614. The van der Waals surface area contributed by atoms with E-state index >= 15 is 0 Å². The number of rotatable bonds is 8. The number of carbonyl (C=O) groups is 2. The second kappa shape index (κ2) is 9.32. The third-order valence-corrected chi connectivity index (χ3v) is 5.33. The predicted octanol–water partition coefficient (Wildman–Crippen LogP) is 3.06. The number of aromatic nitrogens is 2. The van der Waals surface area contributed by atoms with Gasteiger partial charge in [-0.2, -0.15) is 0 Å². The van der Waals surface area contributed by atoms with Crippen LogP contribution in [0.2, 0.25) is 0 Å². The van der Waals surface area contributed by atoms with Crippen molar-refractivity contribution in [2.75, 3.05) is 0 Å². The number of amides is 2. The fourth-order valence-corrected chi connectivity index (χ4v) is 3.54. The highest BCUT2D eigenvalue weighted by Crippen LogP contribution is 2.13. The highest BCUT2D eigenvalue weighted by molar-refractivity contribution is 7.12. The minimum atomic E-state index is -0.588. The lowest BCUT2D eigenvalue weighted by Gasteiger charge is -2.22. The van der Waals surface area contributed by atoms with Crippen LogP contribution in [-0.4, -0.2) is 27.4 Å². The molecule has 0 fully saturated rings. The summed E-state index contributed by atoms with van der Waals surface area (Å²) >= 11 is 1.36. The van der Waals surface area contributed by atoms with E-state index in [9.17, 15) is 9.59 Å². The van der Waals surface area contributed by atoms with Gasteiger partial charge in [-0.1, -0.05) is 44.2 Å². The normalized spacial score (nSPS) is 12.0. The summed E-state index contributed by atoms with van der Waals surface area (Å²) in [6.45, 7) is 4.94. The number of nitrogens with one attached hydrogen (secondary N) is 2. The molecule has 146 valence electrons. The van der Waals surface area contributed by atoms with E-state index in [4.69, 9.17) is 0 Å². The molecule has 0 aliphatic heterocycles. The molecular weight excluding hydrogens is 372 g/mol. The molecule has 0 saturated heterocycles. The van der Waals surface area contributed by atoms with Gasteiger partial charge in [0.2, 0.25) is 5.91 Å². The van der Waals surface area contributed by atoms with E-state index in [-0.39, 0.29) is 17.7 Å². The summed E-state index contributed by atoms with van der Waals surface area (Å²) in [5.41, 5.74) is 2.15. The topological polar surface area (TPSA) is 76.0 Å². The zero-order valence-electron chi connectivity index (χ0n) is 16.0. The van der Waals surface area contributed by atoms with Crippen molar-refractivity contribution in [2.24, 2.45) is 5.92 Å². The third kappa shape index (κ3) is 5.07. The minimum absolute atomic E-state index is 0.0231. The number of thiophene rings is 1. The Kier molecular flexibility index (Phi) is 6.60. The lowest BCUT2D eigenvalue weighted by Crippen LogP contribution is -2.49. The van der Waals surface area contributed by atoms with Gasteiger partial charge in [0.25, 0.3) is 5.91 Å². The van der Waals surface area contributed by atoms with Gasteiger partial charge in [-0.3, -0.25) is 9.59 Å². The van der Waals surface area contributed by atoms with Crippen LogP contribution in [0.3, 0.4) is 0 Å². The monoisotopic (exact) mass is 396 g/mol. The van der Waals surface area contributed by atoms with Crippen molar-refractivity contribution in [3.8, 4) is 0 Å². The SMILES string of the molecule is CC(C)C(NC(=O)c1cccs1)C(=O)NCc1ccccc1Cn1ccnc1. The van der Waals surface area contributed by atoms with E-state index in [0.29, 0.717) is 18.0 Å². The van der Waals surface area contributed by atoms with Crippen molar-refractivity contribution < 1.29 is 9.59 Å². The number of hydrogen-bond donors (Lipinski definition) is 2. The number of carbonyl (C=O) groups excluding carboxylic acids is 2. The molecule has 0 saturated carbocycles. The number of hydrogen-bond acceptors (Lipinski definition) is 4. The predicted molar refractivity (Wildman–Crippen MR) is 110 cm³/mol. The van der Waals surface area contributed by atoms with E-state index < -0.39 is 6.04 Å². The summed E-state index contributed by atoms with van der Waals surface area (Å²) in [4.78, 5) is 29.8. The highest BCUT2D eigenvalue weighted by Gasteiger charge is 2.25. The van der Waals surface area contributed by atoms with Gasteiger partial charge in [-0.25, -0.2) is 4.98 Å². The Hall–Kier alpha value is -2.93. The summed E-state index contributed by atoms with van der Waals surface area (Å²) < 4.78 is 1.98. The molecule has 0 aliphatic rings. The largest absolute Gasteiger partial charge is 0.350 e. The Morgan fingerprint density at radius 3 is 2.57 bits per heavy atom. The van der Waals surface area contributed by atoms with E-state index in [1.54, 1.807) is 18.6 Å². The Balaban J connectivity index is 1.64. The second-order valence-electron chi connectivity index (χ2n) is 6.89. The fourth-order valence-electron chi connectivity index (χ4n) is 2.91. The molecule has 2 aromatic heterocycles. The summed E-state index contributed by atoms with van der Waals surface area (Å²) in [5, 5.41) is 7.67. The van der Waals surface area contributed by atoms with Crippen LogP contribution in [-0.2, 0) is 17.9 Å². The maximum absolute atomic E-state index is 12.8. The van der Waals surface area contributed by atoms with Crippen molar-refractivity contribution in [1.29, 1.82) is 0 Å². The van der Waals surface area contributed by atoms with E-state index in [1.807, 2.05) is 60.3 Å². The molecule has 6 nitrogen and oxygen atoms in total. The maximum atomic E-state index is 12.8. The lowest BCUT2D eigenvalue weighted by atomic mass is 10.0. The van der Waals surface area contributed by atoms with E-state index in [2.05, 4.69) is 15.6 Å². The van der Waals surface area contributed by atoms with Crippen LogP contribution in [0.1, 0.15) is 34.6 Å². The average molecular weight is 397 g/mol. The molecule has 7 heteroatoms. The molecule has 2 N–H and O–H groups in total. The van der Waals surface area contributed by atoms with Crippen LogP contribution in [0.5, 0.6) is 0 Å². The molecule has 0 radical (unpaired) electrons. The minimum Gasteiger partial charge on any atom is -0.350 e. The summed E-state index contributed by atoms with van der Waals surface area (Å²) in [5.74, 6) is -0.424. The molecule has 28 heavy (non-hydrogen) atoms. The van der Waals surface area contributed by atoms with Gasteiger partial charge in [0, 0.05) is 25.5 Å². The average Bonchev–Trinajstić information content (AvgIpc) is 3.38. The third-order valence-electron chi connectivity index (χ3n) is 4.46. The number of nitrogens with zero attached hydrogens (tertiary/aromatic N) is 2. The van der Waals surface area contributed by atoms with Crippen molar-refractivity contribution >= 4 is 23.2 Å². The summed E-state index contributed by atoms with van der Waals surface area (Å²) in [6.07, 6.45) is 5.42. The smallest absolute Gasteiger partial charge is 0.262 e. The highest BCUT2D eigenvalue weighted by atomic mass is 32.1. The molecule has 0 spiro atoms. The molecule has 1 aromatic carbocycles. The Morgan fingerprint density at radius 2 is 1.93 bits per heavy atom. The molecule has 1 unspecified atom stereocenters. The molecular formula is C21H24N4O2S. The summed E-state index contributed by atoms with van der Waals surface area (Å²) in [7, 11) is 0. The fraction of sp³-hybridized carbons (Fsp3) is 0.286. The second-order valence-corrected chi connectivity index (χ2v) is 7.84. The Labute approximate surface area is 168 Å². The van der Waals surface area contributed by atoms with Crippen molar-refractivity contribution in [3.05, 3.63) is 76.5 Å².